The maximum absolute atomic E-state index is 13.3. The van der Waals surface area contributed by atoms with Crippen molar-refractivity contribution in [1.29, 1.82) is 0 Å². The van der Waals surface area contributed by atoms with E-state index in [2.05, 4.69) is 14.8 Å². The minimum atomic E-state index is -3.90. The zero-order valence-corrected chi connectivity index (χ0v) is 23.3. The van der Waals surface area contributed by atoms with Crippen LogP contribution in [0, 0.1) is 13.8 Å². The van der Waals surface area contributed by atoms with E-state index in [0.29, 0.717) is 28.0 Å². The van der Waals surface area contributed by atoms with Crippen LogP contribution in [0.2, 0.25) is 10.0 Å². The summed E-state index contributed by atoms with van der Waals surface area (Å²) in [7, 11) is -2.12. The Balaban J connectivity index is 1.60. The first kappa shape index (κ1) is 27.4. The summed E-state index contributed by atoms with van der Waals surface area (Å²) in [6.45, 7) is 5.71. The third kappa shape index (κ3) is 6.46. The molecule has 3 aromatic rings. The SMILES string of the molecule is Cc1noc(C)c1S(=O)(=O)Nc1cccc(C(CN2CCCC2)N(C)C(=O)Cc2ccc(Cl)c(Cl)c2)c1. The summed E-state index contributed by atoms with van der Waals surface area (Å²) in [6, 6.07) is 12.1. The van der Waals surface area contributed by atoms with Gasteiger partial charge >= 0.3 is 0 Å². The number of likely N-dealkylation sites (tertiary alicyclic amines) is 1. The highest BCUT2D eigenvalue weighted by Gasteiger charge is 2.28. The van der Waals surface area contributed by atoms with Gasteiger partial charge < -0.3 is 14.3 Å². The molecule has 11 heteroatoms. The number of likely N-dealkylation sites (N-methyl/N-ethyl adjacent to an activating group) is 1. The molecule has 1 saturated heterocycles. The van der Waals surface area contributed by atoms with Crippen LogP contribution >= 0.6 is 23.2 Å². The zero-order chi connectivity index (χ0) is 26.7. The van der Waals surface area contributed by atoms with Crippen molar-refractivity contribution in [3.63, 3.8) is 0 Å². The number of nitrogens with one attached hydrogen (secondary N) is 1. The molecule has 8 nitrogen and oxygen atoms in total. The van der Waals surface area contributed by atoms with Gasteiger partial charge in [0.25, 0.3) is 10.0 Å². The quantitative estimate of drug-likeness (QED) is 0.382. The van der Waals surface area contributed by atoms with Crippen molar-refractivity contribution in [2.45, 2.75) is 44.0 Å². The fraction of sp³-hybridized carbons (Fsp3) is 0.385. The van der Waals surface area contributed by atoms with Crippen LogP contribution in [-0.2, 0) is 21.2 Å². The Kier molecular flexibility index (Phi) is 8.48. The lowest BCUT2D eigenvalue weighted by Crippen LogP contribution is -2.39. The highest BCUT2D eigenvalue weighted by atomic mass is 35.5. The van der Waals surface area contributed by atoms with Crippen LogP contribution in [-0.4, -0.2) is 56.0 Å². The lowest BCUT2D eigenvalue weighted by molar-refractivity contribution is -0.131. The molecule has 1 aliphatic heterocycles. The summed E-state index contributed by atoms with van der Waals surface area (Å²) in [6.07, 6.45) is 2.40. The lowest BCUT2D eigenvalue weighted by Gasteiger charge is -2.32. The van der Waals surface area contributed by atoms with E-state index in [9.17, 15) is 13.2 Å². The van der Waals surface area contributed by atoms with Crippen LogP contribution in [0.5, 0.6) is 0 Å². The molecule has 0 saturated carbocycles. The number of hydrogen-bond acceptors (Lipinski definition) is 6. The monoisotopic (exact) mass is 564 g/mol. The van der Waals surface area contributed by atoms with Gasteiger partial charge in [0.05, 0.1) is 22.5 Å². The van der Waals surface area contributed by atoms with E-state index in [1.807, 2.05) is 6.07 Å². The highest BCUT2D eigenvalue weighted by Crippen LogP contribution is 2.29. The summed E-state index contributed by atoms with van der Waals surface area (Å²) in [5.41, 5.74) is 2.29. The molecule has 2 aromatic carbocycles. The number of amides is 1. The molecule has 0 aliphatic carbocycles. The minimum absolute atomic E-state index is 0.0282. The Bertz CT molecular complexity index is 1370. The molecule has 1 aliphatic rings. The molecule has 0 bridgehead atoms. The molecule has 0 radical (unpaired) electrons. The minimum Gasteiger partial charge on any atom is -0.360 e. The van der Waals surface area contributed by atoms with Crippen LogP contribution in [0.4, 0.5) is 5.69 Å². The Morgan fingerprint density at radius 1 is 1.14 bits per heavy atom. The summed E-state index contributed by atoms with van der Waals surface area (Å²) in [5.74, 6) is 0.144. The number of hydrogen-bond donors (Lipinski definition) is 1. The number of anilines is 1. The van der Waals surface area contributed by atoms with Gasteiger partial charge in [-0.2, -0.15) is 0 Å². The number of carbonyl (C=O) groups excluding carboxylic acids is 1. The number of nitrogens with zero attached hydrogens (tertiary/aromatic N) is 3. The first-order valence-corrected chi connectivity index (χ1v) is 14.3. The van der Waals surface area contributed by atoms with E-state index in [4.69, 9.17) is 27.7 Å². The van der Waals surface area contributed by atoms with Crippen LogP contribution in [0.15, 0.2) is 51.9 Å². The molecule has 1 amide bonds. The smallest absolute Gasteiger partial charge is 0.267 e. The largest absolute Gasteiger partial charge is 0.360 e. The van der Waals surface area contributed by atoms with Crippen LogP contribution < -0.4 is 4.72 Å². The second-order valence-electron chi connectivity index (χ2n) is 9.34. The standard InChI is InChI=1S/C26H30Cl2N4O4S/c1-17-26(18(2)36-29-17)37(34,35)30-21-8-6-7-20(15-21)24(16-32-11-4-5-12-32)31(3)25(33)14-19-9-10-22(27)23(28)13-19/h6-10,13,15,24,30H,4-5,11-12,14,16H2,1-3H3. The van der Waals surface area contributed by atoms with Gasteiger partial charge in [0.2, 0.25) is 5.91 Å². The summed E-state index contributed by atoms with van der Waals surface area (Å²) in [4.78, 5) is 17.4. The topological polar surface area (TPSA) is 95.8 Å². The van der Waals surface area contributed by atoms with E-state index < -0.39 is 10.0 Å². The first-order valence-electron chi connectivity index (χ1n) is 12.0. The van der Waals surface area contributed by atoms with Crippen molar-refractivity contribution >= 4 is 44.8 Å². The van der Waals surface area contributed by atoms with Crippen LogP contribution in [0.25, 0.3) is 0 Å². The third-order valence-electron chi connectivity index (χ3n) is 6.59. The number of halogens is 2. The molecular formula is C26H30Cl2N4O4S. The van der Waals surface area contributed by atoms with Crippen molar-refractivity contribution < 1.29 is 17.7 Å². The molecule has 2 heterocycles. The molecular weight excluding hydrogens is 535 g/mol. The number of carbonyl (C=O) groups is 1. The van der Waals surface area contributed by atoms with Crippen LogP contribution in [0.3, 0.4) is 0 Å². The summed E-state index contributed by atoms with van der Waals surface area (Å²) >= 11 is 12.2. The average molecular weight is 566 g/mol. The van der Waals surface area contributed by atoms with E-state index in [-0.39, 0.29) is 29.0 Å². The van der Waals surface area contributed by atoms with Gasteiger partial charge in [0.15, 0.2) is 10.7 Å². The number of aryl methyl sites for hydroxylation is 2. The van der Waals surface area contributed by atoms with Crippen molar-refractivity contribution in [3.8, 4) is 0 Å². The maximum Gasteiger partial charge on any atom is 0.267 e. The summed E-state index contributed by atoms with van der Waals surface area (Å²) < 4.78 is 33.8. The van der Waals surface area contributed by atoms with Gasteiger partial charge in [-0.3, -0.25) is 9.52 Å². The van der Waals surface area contributed by atoms with Gasteiger partial charge in [0, 0.05) is 19.3 Å². The second-order valence-corrected chi connectivity index (χ2v) is 11.8. The Labute approximate surface area is 227 Å². The van der Waals surface area contributed by atoms with Gasteiger partial charge in [-0.15, -0.1) is 0 Å². The lowest BCUT2D eigenvalue weighted by atomic mass is 10.0. The molecule has 4 rings (SSSR count). The molecule has 1 fully saturated rings. The van der Waals surface area contributed by atoms with E-state index >= 15 is 0 Å². The molecule has 37 heavy (non-hydrogen) atoms. The molecule has 198 valence electrons. The average Bonchev–Trinajstić information content (AvgIpc) is 3.48. The molecule has 1 atom stereocenters. The number of aromatic nitrogens is 1. The van der Waals surface area contributed by atoms with E-state index in [0.717, 1.165) is 37.1 Å². The molecule has 1 N–H and O–H groups in total. The predicted octanol–water partition coefficient (Wildman–Crippen LogP) is 5.24. The highest BCUT2D eigenvalue weighted by molar-refractivity contribution is 7.92. The Morgan fingerprint density at radius 3 is 2.51 bits per heavy atom. The molecule has 0 spiro atoms. The predicted molar refractivity (Wildman–Crippen MR) is 145 cm³/mol. The van der Waals surface area contributed by atoms with Crippen LogP contribution in [0.1, 0.15) is 41.5 Å². The Hall–Kier alpha value is -2.59. The number of sulfonamides is 1. The van der Waals surface area contributed by atoms with Crippen molar-refractivity contribution in [3.05, 3.63) is 75.1 Å². The number of benzene rings is 2. The van der Waals surface area contributed by atoms with Crippen molar-refractivity contribution in [1.82, 2.24) is 15.0 Å². The zero-order valence-electron chi connectivity index (χ0n) is 21.0. The van der Waals surface area contributed by atoms with Gasteiger partial charge in [-0.25, -0.2) is 8.42 Å². The number of rotatable bonds is 9. The molecule has 1 aromatic heterocycles. The fourth-order valence-electron chi connectivity index (χ4n) is 4.66. The van der Waals surface area contributed by atoms with Gasteiger partial charge in [-0.1, -0.05) is 46.6 Å². The fourth-order valence-corrected chi connectivity index (χ4v) is 6.36. The van der Waals surface area contributed by atoms with Gasteiger partial charge in [0.1, 0.15) is 5.69 Å². The Morgan fingerprint density at radius 2 is 1.86 bits per heavy atom. The second kappa shape index (κ2) is 11.4. The van der Waals surface area contributed by atoms with E-state index in [1.54, 1.807) is 62.2 Å². The first-order chi connectivity index (χ1) is 17.5. The van der Waals surface area contributed by atoms with Gasteiger partial charge in [-0.05, 0) is 75.2 Å². The van der Waals surface area contributed by atoms with Crippen molar-refractivity contribution in [2.24, 2.45) is 0 Å². The van der Waals surface area contributed by atoms with E-state index in [1.165, 1.54) is 0 Å². The normalized spacial score (nSPS) is 15.1. The third-order valence-corrected chi connectivity index (χ3v) is 8.95. The van der Waals surface area contributed by atoms with Crippen molar-refractivity contribution in [2.75, 3.05) is 31.4 Å². The maximum atomic E-state index is 13.3. The summed E-state index contributed by atoms with van der Waals surface area (Å²) in [5, 5.41) is 4.60. The molecule has 1 unspecified atom stereocenters.